The van der Waals surface area contributed by atoms with Crippen LogP contribution in [-0.4, -0.2) is 22.4 Å². The van der Waals surface area contributed by atoms with Gasteiger partial charge in [-0.15, -0.1) is 0 Å². The third-order valence-electron chi connectivity index (χ3n) is 3.15. The monoisotopic (exact) mass is 284 g/mol. The molecule has 5 nitrogen and oxygen atoms in total. The van der Waals surface area contributed by atoms with Crippen molar-refractivity contribution in [3.05, 3.63) is 53.3 Å². The van der Waals surface area contributed by atoms with Crippen LogP contribution < -0.4 is 10.6 Å². The Labute approximate surface area is 124 Å². The van der Waals surface area contributed by atoms with Crippen molar-refractivity contribution in [2.24, 2.45) is 0 Å². The lowest BCUT2D eigenvalue weighted by Crippen LogP contribution is -2.23. The Morgan fingerprint density at radius 2 is 1.90 bits per heavy atom. The van der Waals surface area contributed by atoms with E-state index in [1.54, 1.807) is 0 Å². The fraction of sp³-hybridized carbons (Fsp3) is 0.312. The first-order chi connectivity index (χ1) is 10.2. The van der Waals surface area contributed by atoms with Gasteiger partial charge in [-0.1, -0.05) is 31.2 Å². The van der Waals surface area contributed by atoms with Gasteiger partial charge in [-0.05, 0) is 24.5 Å². The van der Waals surface area contributed by atoms with Crippen LogP contribution in [0.15, 0.2) is 36.7 Å². The van der Waals surface area contributed by atoms with Crippen LogP contribution in [0.1, 0.15) is 34.8 Å². The molecule has 0 saturated heterocycles. The van der Waals surface area contributed by atoms with Crippen molar-refractivity contribution in [1.82, 2.24) is 15.3 Å². The first-order valence-corrected chi connectivity index (χ1v) is 7.09. The lowest BCUT2D eigenvalue weighted by atomic mass is 10.1. The molecule has 2 N–H and O–H groups in total. The summed E-state index contributed by atoms with van der Waals surface area (Å²) in [4.78, 5) is 20.3. The smallest absolute Gasteiger partial charge is 0.254 e. The van der Waals surface area contributed by atoms with E-state index in [1.165, 1.54) is 12.4 Å². The van der Waals surface area contributed by atoms with Gasteiger partial charge in [-0.3, -0.25) is 4.79 Å². The molecule has 110 valence electrons. The Balaban J connectivity index is 1.93. The molecule has 1 aromatic carbocycles. The summed E-state index contributed by atoms with van der Waals surface area (Å²) in [6.45, 7) is 5.42. The van der Waals surface area contributed by atoms with Gasteiger partial charge in [0.1, 0.15) is 0 Å². The average Bonchev–Trinajstić information content (AvgIpc) is 2.52. The van der Waals surface area contributed by atoms with Crippen molar-refractivity contribution in [2.75, 3.05) is 11.9 Å². The van der Waals surface area contributed by atoms with Crippen molar-refractivity contribution in [3.63, 3.8) is 0 Å². The molecule has 0 fully saturated rings. The zero-order valence-corrected chi connectivity index (χ0v) is 12.4. The van der Waals surface area contributed by atoms with Crippen molar-refractivity contribution in [2.45, 2.75) is 26.8 Å². The number of aryl methyl sites for hydroxylation is 1. The van der Waals surface area contributed by atoms with Crippen LogP contribution in [0.25, 0.3) is 0 Å². The molecule has 1 heterocycles. The minimum atomic E-state index is -0.166. The molecule has 0 unspecified atom stereocenters. The quantitative estimate of drug-likeness (QED) is 0.855. The second-order valence-corrected chi connectivity index (χ2v) is 4.83. The Hall–Kier alpha value is -2.43. The van der Waals surface area contributed by atoms with E-state index in [0.717, 1.165) is 24.1 Å². The lowest BCUT2D eigenvalue weighted by molar-refractivity contribution is 0.0950. The zero-order valence-electron chi connectivity index (χ0n) is 12.4. The van der Waals surface area contributed by atoms with E-state index in [1.807, 2.05) is 31.2 Å². The highest BCUT2D eigenvalue weighted by Crippen LogP contribution is 2.07. The Morgan fingerprint density at radius 1 is 1.19 bits per heavy atom. The fourth-order valence-corrected chi connectivity index (χ4v) is 1.86. The Bertz CT molecular complexity index is 595. The number of nitrogens with zero attached hydrogens (tertiary/aromatic N) is 2. The number of hydrogen-bond donors (Lipinski definition) is 2. The predicted molar refractivity (Wildman–Crippen MR) is 83.2 cm³/mol. The van der Waals surface area contributed by atoms with Gasteiger partial charge in [0.15, 0.2) is 0 Å². The molecule has 0 atom stereocenters. The number of rotatable bonds is 6. The summed E-state index contributed by atoms with van der Waals surface area (Å²) in [5.74, 6) is 0.382. The molecule has 2 rings (SSSR count). The molecule has 2 aromatic rings. The van der Waals surface area contributed by atoms with Crippen molar-refractivity contribution >= 4 is 11.9 Å². The first kappa shape index (κ1) is 15.0. The van der Waals surface area contributed by atoms with Gasteiger partial charge >= 0.3 is 0 Å². The third kappa shape index (κ3) is 4.27. The summed E-state index contributed by atoms with van der Waals surface area (Å²) < 4.78 is 0. The molecular weight excluding hydrogens is 264 g/mol. The maximum Gasteiger partial charge on any atom is 0.254 e. The van der Waals surface area contributed by atoms with Crippen molar-refractivity contribution < 1.29 is 4.79 Å². The number of hydrogen-bond acceptors (Lipinski definition) is 4. The van der Waals surface area contributed by atoms with Crippen LogP contribution in [-0.2, 0) is 6.54 Å². The minimum Gasteiger partial charge on any atom is -0.354 e. The van der Waals surface area contributed by atoms with E-state index >= 15 is 0 Å². The van der Waals surface area contributed by atoms with Gasteiger partial charge in [0.25, 0.3) is 5.91 Å². The number of nitrogens with one attached hydrogen (secondary N) is 2. The van der Waals surface area contributed by atoms with Crippen LogP contribution in [0.3, 0.4) is 0 Å². The number of carbonyl (C=O) groups is 1. The molecule has 5 heteroatoms. The molecule has 0 radical (unpaired) electrons. The summed E-state index contributed by atoms with van der Waals surface area (Å²) in [6, 6.07) is 7.98. The summed E-state index contributed by atoms with van der Waals surface area (Å²) in [6.07, 6.45) is 4.08. The third-order valence-corrected chi connectivity index (χ3v) is 3.15. The van der Waals surface area contributed by atoms with Gasteiger partial charge in [0.2, 0.25) is 5.95 Å². The van der Waals surface area contributed by atoms with E-state index in [2.05, 4.69) is 27.5 Å². The van der Waals surface area contributed by atoms with E-state index < -0.39 is 0 Å². The van der Waals surface area contributed by atoms with E-state index in [4.69, 9.17) is 0 Å². The first-order valence-electron chi connectivity index (χ1n) is 7.09. The van der Waals surface area contributed by atoms with Crippen LogP contribution in [0.4, 0.5) is 5.95 Å². The topological polar surface area (TPSA) is 66.9 Å². The minimum absolute atomic E-state index is 0.166. The van der Waals surface area contributed by atoms with Gasteiger partial charge in [-0.2, -0.15) is 0 Å². The maximum atomic E-state index is 12.0. The number of aromatic nitrogens is 2. The van der Waals surface area contributed by atoms with Gasteiger partial charge in [-0.25, -0.2) is 9.97 Å². The van der Waals surface area contributed by atoms with Crippen LogP contribution in [0, 0.1) is 6.92 Å². The van der Waals surface area contributed by atoms with Crippen LogP contribution in [0.5, 0.6) is 0 Å². The van der Waals surface area contributed by atoms with Crippen molar-refractivity contribution in [1.29, 1.82) is 0 Å². The summed E-state index contributed by atoms with van der Waals surface area (Å²) in [5.41, 5.74) is 2.73. The standard InChI is InChI=1S/C16H20N4O/c1-3-8-17-16-19-10-14(11-20-16)15(21)18-9-13-7-5-4-6-12(13)2/h4-7,10-11H,3,8-9H2,1-2H3,(H,18,21)(H,17,19,20). The van der Waals surface area contributed by atoms with E-state index in [0.29, 0.717) is 18.1 Å². The van der Waals surface area contributed by atoms with Crippen molar-refractivity contribution in [3.8, 4) is 0 Å². The molecule has 1 aromatic heterocycles. The second-order valence-electron chi connectivity index (χ2n) is 4.83. The number of amides is 1. The second kappa shape index (κ2) is 7.38. The summed E-state index contributed by atoms with van der Waals surface area (Å²) in [7, 11) is 0. The molecule has 21 heavy (non-hydrogen) atoms. The molecule has 0 aliphatic carbocycles. The predicted octanol–water partition coefficient (Wildman–Crippen LogP) is 2.54. The normalized spacial score (nSPS) is 10.2. The number of carbonyl (C=O) groups excluding carboxylic acids is 1. The molecule has 0 bridgehead atoms. The fourth-order valence-electron chi connectivity index (χ4n) is 1.86. The zero-order chi connectivity index (χ0) is 15.1. The van der Waals surface area contributed by atoms with Crippen LogP contribution >= 0.6 is 0 Å². The summed E-state index contributed by atoms with van der Waals surface area (Å²) in [5, 5.41) is 5.95. The largest absolute Gasteiger partial charge is 0.354 e. The lowest BCUT2D eigenvalue weighted by Gasteiger charge is -2.08. The number of anilines is 1. The van der Waals surface area contributed by atoms with Crippen LogP contribution in [0.2, 0.25) is 0 Å². The molecule has 1 amide bonds. The molecule has 0 spiro atoms. The Morgan fingerprint density at radius 3 is 2.57 bits per heavy atom. The van der Waals surface area contributed by atoms with Gasteiger partial charge in [0.05, 0.1) is 5.56 Å². The highest BCUT2D eigenvalue weighted by Gasteiger charge is 2.07. The van der Waals surface area contributed by atoms with E-state index in [-0.39, 0.29) is 5.91 Å². The summed E-state index contributed by atoms with van der Waals surface area (Å²) >= 11 is 0. The van der Waals surface area contributed by atoms with Gasteiger partial charge < -0.3 is 10.6 Å². The molecular formula is C16H20N4O. The van der Waals surface area contributed by atoms with E-state index in [9.17, 15) is 4.79 Å². The maximum absolute atomic E-state index is 12.0. The highest BCUT2D eigenvalue weighted by molar-refractivity contribution is 5.93. The highest BCUT2D eigenvalue weighted by atomic mass is 16.1. The molecule has 0 aliphatic rings. The molecule has 0 saturated carbocycles. The molecule has 0 aliphatic heterocycles. The number of benzene rings is 1. The Kier molecular flexibility index (Phi) is 5.26. The average molecular weight is 284 g/mol. The SMILES string of the molecule is CCCNc1ncc(C(=O)NCc2ccccc2C)cn1. The van der Waals surface area contributed by atoms with Gasteiger partial charge in [0, 0.05) is 25.5 Å².